The Morgan fingerprint density at radius 2 is 2.21 bits per heavy atom. The molecule has 0 spiro atoms. The summed E-state index contributed by atoms with van der Waals surface area (Å²) in [5.74, 6) is 0.797. The van der Waals surface area contributed by atoms with Crippen molar-refractivity contribution in [3.63, 3.8) is 0 Å². The van der Waals surface area contributed by atoms with Gasteiger partial charge in [-0.05, 0) is 38.7 Å². The molecule has 19 heavy (non-hydrogen) atoms. The van der Waals surface area contributed by atoms with Gasteiger partial charge in [-0.15, -0.1) is 0 Å². The minimum atomic E-state index is 0.130. The van der Waals surface area contributed by atoms with E-state index in [1.165, 1.54) is 0 Å². The van der Waals surface area contributed by atoms with Gasteiger partial charge >= 0.3 is 0 Å². The van der Waals surface area contributed by atoms with E-state index in [0.29, 0.717) is 5.02 Å². The summed E-state index contributed by atoms with van der Waals surface area (Å²) < 4.78 is 6.09. The van der Waals surface area contributed by atoms with E-state index in [9.17, 15) is 0 Å². The van der Waals surface area contributed by atoms with Crippen molar-refractivity contribution in [2.45, 2.75) is 12.5 Å². The first-order valence-electron chi connectivity index (χ1n) is 6.34. The Labute approximate surface area is 125 Å². The summed E-state index contributed by atoms with van der Waals surface area (Å²) >= 11 is 11.5. The van der Waals surface area contributed by atoms with E-state index in [2.05, 4.69) is 23.9 Å². The number of fused-ring (bicyclic) bond motifs is 1. The highest BCUT2D eigenvalue weighted by Crippen LogP contribution is 2.29. The zero-order valence-corrected chi connectivity index (χ0v) is 13.1. The Morgan fingerprint density at radius 3 is 2.89 bits per heavy atom. The van der Waals surface area contributed by atoms with Crippen molar-refractivity contribution in [2.24, 2.45) is 0 Å². The summed E-state index contributed by atoms with van der Waals surface area (Å²) in [6.07, 6.45) is 1.09. The zero-order valence-electron chi connectivity index (χ0n) is 11.5. The Balaban J connectivity index is 2.23. The third-order valence-electron chi connectivity index (χ3n) is 3.19. The first-order valence-corrected chi connectivity index (χ1v) is 7.12. The molecule has 2 rings (SSSR count). The second-order valence-electron chi connectivity index (χ2n) is 5.16. The van der Waals surface area contributed by atoms with E-state index in [4.69, 9.17) is 28.6 Å². The summed E-state index contributed by atoms with van der Waals surface area (Å²) in [5.41, 5.74) is 0.953. The molecule has 0 fully saturated rings. The molecule has 0 radical (unpaired) electrons. The highest BCUT2D eigenvalue weighted by Gasteiger charge is 2.24. The highest BCUT2D eigenvalue weighted by atomic mass is 35.5. The van der Waals surface area contributed by atoms with Crippen molar-refractivity contribution in [3.05, 3.63) is 28.8 Å². The molecule has 1 aliphatic heterocycles. The van der Waals surface area contributed by atoms with Gasteiger partial charge in [0.25, 0.3) is 0 Å². The fourth-order valence-electron chi connectivity index (χ4n) is 2.13. The number of rotatable bonds is 3. The maximum absolute atomic E-state index is 6.09. The molecule has 1 aromatic carbocycles. The monoisotopic (exact) mass is 298 g/mol. The number of likely N-dealkylation sites (N-methyl/N-ethyl adjacent to an activating group) is 1. The van der Waals surface area contributed by atoms with E-state index < -0.39 is 0 Å². The van der Waals surface area contributed by atoms with Crippen LogP contribution < -0.4 is 4.74 Å². The van der Waals surface area contributed by atoms with Crippen LogP contribution in [-0.2, 0) is 0 Å². The molecule has 5 heteroatoms. The summed E-state index contributed by atoms with van der Waals surface area (Å²) in [6, 6.07) is 5.64. The van der Waals surface area contributed by atoms with Crippen LogP contribution in [0.5, 0.6) is 5.75 Å². The smallest absolute Gasteiger partial charge is 0.131 e. The lowest BCUT2D eigenvalue weighted by atomic mass is 10.2. The largest absolute Gasteiger partial charge is 0.488 e. The zero-order chi connectivity index (χ0) is 14.0. The van der Waals surface area contributed by atoms with Gasteiger partial charge in [0.05, 0.1) is 12.1 Å². The summed E-state index contributed by atoms with van der Waals surface area (Å²) in [6.45, 7) is 1.79. The Morgan fingerprint density at radius 1 is 1.47 bits per heavy atom. The van der Waals surface area contributed by atoms with E-state index in [0.717, 1.165) is 35.8 Å². The van der Waals surface area contributed by atoms with Crippen molar-refractivity contribution in [1.29, 1.82) is 0 Å². The van der Waals surface area contributed by atoms with Crippen molar-refractivity contribution < 1.29 is 4.74 Å². The third-order valence-corrected chi connectivity index (χ3v) is 3.96. The quantitative estimate of drug-likeness (QED) is 0.797. The van der Waals surface area contributed by atoms with Gasteiger partial charge in [-0.1, -0.05) is 23.8 Å². The number of ether oxygens (including phenoxy) is 1. The van der Waals surface area contributed by atoms with Gasteiger partial charge in [0.15, 0.2) is 0 Å². The van der Waals surface area contributed by atoms with Gasteiger partial charge in [-0.2, -0.15) is 0 Å². The third kappa shape index (κ3) is 3.59. The summed E-state index contributed by atoms with van der Waals surface area (Å²) in [7, 11) is 6.14. The van der Waals surface area contributed by atoms with Gasteiger partial charge in [0.2, 0.25) is 0 Å². The lowest BCUT2D eigenvalue weighted by Crippen LogP contribution is -2.35. The maximum Gasteiger partial charge on any atom is 0.131 e. The summed E-state index contributed by atoms with van der Waals surface area (Å²) in [5, 5.41) is 0.678. The predicted molar refractivity (Wildman–Crippen MR) is 83.4 cm³/mol. The number of thiocarbonyl (C=S) groups is 1. The SMILES string of the molecule is CN(C)CCC1CN(C)C(=S)c2ccc(Cl)cc2O1. The molecular weight excluding hydrogens is 280 g/mol. The van der Waals surface area contributed by atoms with Gasteiger partial charge in [-0.3, -0.25) is 0 Å². The lowest BCUT2D eigenvalue weighted by Gasteiger charge is -2.23. The fraction of sp³-hybridized carbons (Fsp3) is 0.500. The molecule has 0 saturated heterocycles. The van der Waals surface area contributed by atoms with Crippen LogP contribution in [0.3, 0.4) is 0 Å². The van der Waals surface area contributed by atoms with Gasteiger partial charge in [0.1, 0.15) is 16.8 Å². The van der Waals surface area contributed by atoms with E-state index in [1.54, 1.807) is 0 Å². The van der Waals surface area contributed by atoms with Crippen LogP contribution >= 0.6 is 23.8 Å². The number of halogens is 1. The van der Waals surface area contributed by atoms with E-state index in [-0.39, 0.29) is 6.10 Å². The van der Waals surface area contributed by atoms with Crippen LogP contribution in [0.15, 0.2) is 18.2 Å². The molecule has 0 aliphatic carbocycles. The molecular formula is C14H19ClN2OS. The highest BCUT2D eigenvalue weighted by molar-refractivity contribution is 7.80. The molecule has 0 saturated carbocycles. The average Bonchev–Trinajstić information content (AvgIpc) is 2.45. The second kappa shape index (κ2) is 6.07. The molecule has 0 amide bonds. The molecule has 0 aromatic heterocycles. The number of nitrogens with zero attached hydrogens (tertiary/aromatic N) is 2. The van der Waals surface area contributed by atoms with Crippen LogP contribution in [-0.4, -0.2) is 55.1 Å². The summed E-state index contributed by atoms with van der Waals surface area (Å²) in [4.78, 5) is 5.06. The normalized spacial score (nSPS) is 19.1. The maximum atomic E-state index is 6.09. The number of hydrogen-bond donors (Lipinski definition) is 0. The van der Waals surface area contributed by atoms with Crippen LogP contribution in [0, 0.1) is 0 Å². The number of benzene rings is 1. The Hall–Kier alpha value is -0.840. The molecule has 1 aromatic rings. The van der Waals surface area contributed by atoms with Crippen molar-refractivity contribution >= 4 is 28.8 Å². The topological polar surface area (TPSA) is 15.7 Å². The molecule has 0 bridgehead atoms. The van der Waals surface area contributed by atoms with E-state index >= 15 is 0 Å². The Bertz CT molecular complexity index is 479. The van der Waals surface area contributed by atoms with Gasteiger partial charge in [-0.25, -0.2) is 0 Å². The Kier molecular flexibility index (Phi) is 4.66. The second-order valence-corrected chi connectivity index (χ2v) is 5.98. The molecule has 0 N–H and O–H groups in total. The van der Waals surface area contributed by atoms with Crippen LogP contribution in [0.4, 0.5) is 0 Å². The van der Waals surface area contributed by atoms with Gasteiger partial charge < -0.3 is 14.5 Å². The average molecular weight is 299 g/mol. The van der Waals surface area contributed by atoms with E-state index in [1.807, 2.05) is 25.2 Å². The van der Waals surface area contributed by atoms with Crippen LogP contribution in [0.1, 0.15) is 12.0 Å². The van der Waals surface area contributed by atoms with Crippen molar-refractivity contribution in [3.8, 4) is 5.75 Å². The first-order chi connectivity index (χ1) is 8.97. The standard InChI is InChI=1S/C14H19ClN2OS/c1-16(2)7-6-11-9-17(3)14(19)12-5-4-10(15)8-13(12)18-11/h4-5,8,11H,6-7,9H2,1-3H3. The lowest BCUT2D eigenvalue weighted by molar-refractivity contribution is 0.160. The van der Waals surface area contributed by atoms with Crippen LogP contribution in [0.25, 0.3) is 0 Å². The van der Waals surface area contributed by atoms with Crippen molar-refractivity contribution in [2.75, 3.05) is 34.2 Å². The minimum Gasteiger partial charge on any atom is -0.488 e. The van der Waals surface area contributed by atoms with Crippen LogP contribution in [0.2, 0.25) is 5.02 Å². The number of hydrogen-bond acceptors (Lipinski definition) is 3. The minimum absolute atomic E-state index is 0.130. The molecule has 1 unspecified atom stereocenters. The molecule has 104 valence electrons. The van der Waals surface area contributed by atoms with Crippen molar-refractivity contribution in [1.82, 2.24) is 9.80 Å². The first kappa shape index (κ1) is 14.6. The fourth-order valence-corrected chi connectivity index (χ4v) is 2.54. The molecule has 3 nitrogen and oxygen atoms in total. The molecule has 1 atom stereocenters. The molecule has 1 heterocycles. The molecule has 1 aliphatic rings. The predicted octanol–water partition coefficient (Wildman–Crippen LogP) is 2.66. The van der Waals surface area contributed by atoms with Gasteiger partial charge in [0, 0.05) is 18.6 Å².